The molecule has 0 radical (unpaired) electrons. The monoisotopic (exact) mass is 270 g/mol. The van der Waals surface area contributed by atoms with Crippen LogP contribution in [0.1, 0.15) is 39.2 Å². The molecule has 0 amide bonds. The Morgan fingerprint density at radius 2 is 1.67 bits per heavy atom. The van der Waals surface area contributed by atoms with Gasteiger partial charge in [-0.25, -0.2) is 0 Å². The number of halogens is 1. The van der Waals surface area contributed by atoms with Gasteiger partial charge in [0, 0.05) is 10.4 Å². The lowest BCUT2D eigenvalue weighted by molar-refractivity contribution is 0.0987. The molecule has 0 saturated heterocycles. The third kappa shape index (κ3) is 3.98. The van der Waals surface area contributed by atoms with Crippen LogP contribution in [0.15, 0.2) is 24.3 Å². The summed E-state index contributed by atoms with van der Waals surface area (Å²) in [5.74, 6) is 0. The van der Waals surface area contributed by atoms with Crippen molar-refractivity contribution in [2.24, 2.45) is 5.41 Å². The molecule has 0 fully saturated rings. The van der Waals surface area contributed by atoms with Crippen molar-refractivity contribution in [1.29, 1.82) is 0 Å². The standard InChI is InChI=1S/C15H23ClO2/c1-14(2,3)7-8-15(10-17,11-18)12-5-4-6-13(16)9-12/h4-6,9,17-18H,7-8,10-11H2,1-3H3. The molecule has 0 aromatic heterocycles. The fourth-order valence-electron chi connectivity index (χ4n) is 1.97. The van der Waals surface area contributed by atoms with Crippen molar-refractivity contribution in [2.45, 2.75) is 39.0 Å². The van der Waals surface area contributed by atoms with E-state index in [9.17, 15) is 10.2 Å². The molecule has 0 spiro atoms. The maximum atomic E-state index is 9.71. The van der Waals surface area contributed by atoms with Crippen molar-refractivity contribution in [2.75, 3.05) is 13.2 Å². The Morgan fingerprint density at radius 1 is 1.06 bits per heavy atom. The average molecular weight is 271 g/mol. The Kier molecular flexibility index (Phi) is 5.20. The molecule has 1 aromatic rings. The second kappa shape index (κ2) is 6.05. The molecule has 0 heterocycles. The first-order chi connectivity index (χ1) is 8.33. The number of benzene rings is 1. The van der Waals surface area contributed by atoms with Gasteiger partial charge in [-0.3, -0.25) is 0 Å². The minimum absolute atomic E-state index is 0.0695. The summed E-state index contributed by atoms with van der Waals surface area (Å²) in [4.78, 5) is 0. The van der Waals surface area contributed by atoms with Gasteiger partial charge in [0.25, 0.3) is 0 Å². The second-order valence-corrected chi connectivity index (χ2v) is 6.60. The molecule has 0 saturated carbocycles. The van der Waals surface area contributed by atoms with Gasteiger partial charge in [-0.05, 0) is 36.0 Å². The summed E-state index contributed by atoms with van der Waals surface area (Å²) in [5.41, 5.74) is 0.482. The van der Waals surface area contributed by atoms with Gasteiger partial charge in [0.05, 0.1) is 13.2 Å². The van der Waals surface area contributed by atoms with Crippen LogP contribution >= 0.6 is 11.6 Å². The maximum absolute atomic E-state index is 9.71. The molecule has 1 aromatic carbocycles. The molecule has 2 N–H and O–H groups in total. The van der Waals surface area contributed by atoms with E-state index in [-0.39, 0.29) is 18.6 Å². The molecule has 0 unspecified atom stereocenters. The smallest absolute Gasteiger partial charge is 0.0550 e. The summed E-state index contributed by atoms with van der Waals surface area (Å²) in [6, 6.07) is 7.40. The lowest BCUT2D eigenvalue weighted by atomic mass is 9.74. The van der Waals surface area contributed by atoms with Crippen LogP contribution in [0.5, 0.6) is 0 Å². The third-order valence-corrected chi connectivity index (χ3v) is 3.63. The fourth-order valence-corrected chi connectivity index (χ4v) is 2.16. The van der Waals surface area contributed by atoms with E-state index in [0.29, 0.717) is 5.02 Å². The highest BCUT2D eigenvalue weighted by atomic mass is 35.5. The summed E-state index contributed by atoms with van der Waals surface area (Å²) in [7, 11) is 0. The molecule has 2 nitrogen and oxygen atoms in total. The summed E-state index contributed by atoms with van der Waals surface area (Å²) in [6.07, 6.45) is 1.67. The molecule has 3 heteroatoms. The Hall–Kier alpha value is -0.570. The van der Waals surface area contributed by atoms with E-state index in [4.69, 9.17) is 11.6 Å². The largest absolute Gasteiger partial charge is 0.395 e. The van der Waals surface area contributed by atoms with Gasteiger partial charge < -0.3 is 10.2 Å². The van der Waals surface area contributed by atoms with Crippen LogP contribution in [0, 0.1) is 5.41 Å². The molecule has 18 heavy (non-hydrogen) atoms. The van der Waals surface area contributed by atoms with Crippen LogP contribution in [-0.4, -0.2) is 23.4 Å². The lowest BCUT2D eigenvalue weighted by Crippen LogP contribution is -2.36. The van der Waals surface area contributed by atoms with E-state index in [1.807, 2.05) is 18.2 Å². The first-order valence-corrected chi connectivity index (χ1v) is 6.68. The van der Waals surface area contributed by atoms with Gasteiger partial charge in [-0.1, -0.05) is 44.5 Å². The van der Waals surface area contributed by atoms with Crippen LogP contribution in [-0.2, 0) is 5.41 Å². The first kappa shape index (κ1) is 15.5. The van der Waals surface area contributed by atoms with E-state index in [1.54, 1.807) is 6.07 Å². The van der Waals surface area contributed by atoms with Crippen molar-refractivity contribution < 1.29 is 10.2 Å². The zero-order valence-corrected chi connectivity index (χ0v) is 12.2. The number of hydrogen-bond donors (Lipinski definition) is 2. The van der Waals surface area contributed by atoms with Gasteiger partial charge in [-0.15, -0.1) is 0 Å². The quantitative estimate of drug-likeness (QED) is 0.861. The van der Waals surface area contributed by atoms with Gasteiger partial charge >= 0.3 is 0 Å². The lowest BCUT2D eigenvalue weighted by Gasteiger charge is -2.33. The Labute approximate surface area is 115 Å². The van der Waals surface area contributed by atoms with E-state index in [1.165, 1.54) is 0 Å². The predicted octanol–water partition coefficient (Wildman–Crippen LogP) is 3.39. The Morgan fingerprint density at radius 3 is 2.11 bits per heavy atom. The highest BCUT2D eigenvalue weighted by Crippen LogP contribution is 2.34. The predicted molar refractivity (Wildman–Crippen MR) is 76.0 cm³/mol. The number of hydrogen-bond acceptors (Lipinski definition) is 2. The Balaban J connectivity index is 2.99. The van der Waals surface area contributed by atoms with Crippen LogP contribution in [0.3, 0.4) is 0 Å². The van der Waals surface area contributed by atoms with Crippen molar-refractivity contribution in [3.63, 3.8) is 0 Å². The van der Waals surface area contributed by atoms with Crippen LogP contribution in [0.4, 0.5) is 0 Å². The molecule has 1 rings (SSSR count). The van der Waals surface area contributed by atoms with E-state index < -0.39 is 5.41 Å². The van der Waals surface area contributed by atoms with E-state index in [2.05, 4.69) is 20.8 Å². The van der Waals surface area contributed by atoms with Crippen LogP contribution in [0.25, 0.3) is 0 Å². The highest BCUT2D eigenvalue weighted by Gasteiger charge is 2.32. The molecular formula is C15H23ClO2. The molecule has 0 bridgehead atoms. The molecule has 0 aliphatic carbocycles. The SMILES string of the molecule is CC(C)(C)CCC(CO)(CO)c1cccc(Cl)c1. The Bertz CT molecular complexity index is 378. The second-order valence-electron chi connectivity index (χ2n) is 6.17. The van der Waals surface area contributed by atoms with Crippen molar-refractivity contribution in [3.8, 4) is 0 Å². The fraction of sp³-hybridized carbons (Fsp3) is 0.600. The van der Waals surface area contributed by atoms with Crippen molar-refractivity contribution in [3.05, 3.63) is 34.9 Å². The third-order valence-electron chi connectivity index (χ3n) is 3.40. The zero-order chi connectivity index (χ0) is 13.8. The van der Waals surface area contributed by atoms with Crippen molar-refractivity contribution in [1.82, 2.24) is 0 Å². The minimum atomic E-state index is -0.599. The van der Waals surface area contributed by atoms with Crippen LogP contribution in [0.2, 0.25) is 5.02 Å². The number of aliphatic hydroxyl groups excluding tert-OH is 2. The van der Waals surface area contributed by atoms with Gasteiger partial charge in [0.2, 0.25) is 0 Å². The van der Waals surface area contributed by atoms with Crippen LogP contribution < -0.4 is 0 Å². The van der Waals surface area contributed by atoms with Gasteiger partial charge in [-0.2, -0.15) is 0 Å². The van der Waals surface area contributed by atoms with E-state index >= 15 is 0 Å². The van der Waals surface area contributed by atoms with Gasteiger partial charge in [0.15, 0.2) is 0 Å². The summed E-state index contributed by atoms with van der Waals surface area (Å²) in [6.45, 7) is 6.33. The minimum Gasteiger partial charge on any atom is -0.395 e. The number of rotatable bonds is 5. The molecule has 0 atom stereocenters. The topological polar surface area (TPSA) is 40.5 Å². The molecule has 102 valence electrons. The average Bonchev–Trinajstić information content (AvgIpc) is 2.30. The summed E-state index contributed by atoms with van der Waals surface area (Å²) < 4.78 is 0. The summed E-state index contributed by atoms with van der Waals surface area (Å²) in [5, 5.41) is 20.1. The van der Waals surface area contributed by atoms with E-state index in [0.717, 1.165) is 18.4 Å². The summed E-state index contributed by atoms with van der Waals surface area (Å²) >= 11 is 5.99. The molecular weight excluding hydrogens is 248 g/mol. The normalized spacial score (nSPS) is 12.8. The highest BCUT2D eigenvalue weighted by molar-refractivity contribution is 6.30. The number of aliphatic hydroxyl groups is 2. The first-order valence-electron chi connectivity index (χ1n) is 6.31. The maximum Gasteiger partial charge on any atom is 0.0550 e. The molecule has 0 aliphatic heterocycles. The zero-order valence-electron chi connectivity index (χ0n) is 11.4. The van der Waals surface area contributed by atoms with Crippen molar-refractivity contribution >= 4 is 11.6 Å². The van der Waals surface area contributed by atoms with Gasteiger partial charge in [0.1, 0.15) is 0 Å². The molecule has 0 aliphatic rings.